The Morgan fingerprint density at radius 2 is 2.25 bits per heavy atom. The minimum Gasteiger partial charge on any atom is -0.392 e. The van der Waals surface area contributed by atoms with Crippen molar-refractivity contribution < 1.29 is 9.90 Å². The Morgan fingerprint density at radius 3 is 3.00 bits per heavy atom. The predicted molar refractivity (Wildman–Crippen MR) is 89.5 cm³/mol. The number of piperidine rings is 2. The maximum absolute atomic E-state index is 12.6. The van der Waals surface area contributed by atoms with E-state index >= 15 is 0 Å². The molecular formula is C17H26N4O3. The number of aliphatic hydroxyl groups excluding tert-OH is 1. The summed E-state index contributed by atoms with van der Waals surface area (Å²) >= 11 is 0. The highest BCUT2D eigenvalue weighted by atomic mass is 16.3. The molecule has 2 fully saturated rings. The summed E-state index contributed by atoms with van der Waals surface area (Å²) in [6.07, 6.45) is 3.25. The van der Waals surface area contributed by atoms with E-state index in [9.17, 15) is 14.7 Å². The van der Waals surface area contributed by atoms with Crippen molar-refractivity contribution in [3.05, 3.63) is 28.2 Å². The molecule has 0 bridgehead atoms. The lowest BCUT2D eigenvalue weighted by molar-refractivity contribution is -0.140. The van der Waals surface area contributed by atoms with Crippen LogP contribution in [0.4, 0.5) is 0 Å². The molecule has 2 saturated heterocycles. The van der Waals surface area contributed by atoms with Gasteiger partial charge in [-0.15, -0.1) is 0 Å². The molecule has 0 aromatic carbocycles. The van der Waals surface area contributed by atoms with E-state index < -0.39 is 0 Å². The lowest BCUT2D eigenvalue weighted by atomic mass is 9.71. The third-order valence-electron chi connectivity index (χ3n) is 5.37. The van der Waals surface area contributed by atoms with Crippen LogP contribution in [0.2, 0.25) is 0 Å². The minimum atomic E-state index is -0.329. The number of aryl methyl sites for hydroxylation is 1. The van der Waals surface area contributed by atoms with Gasteiger partial charge in [-0.1, -0.05) is 0 Å². The molecule has 2 aliphatic heterocycles. The topological polar surface area (TPSA) is 89.5 Å². The normalized spacial score (nSPS) is 28.2. The number of hydrogen-bond acceptors (Lipinski definition) is 5. The summed E-state index contributed by atoms with van der Waals surface area (Å²) in [4.78, 5) is 27.8. The number of carbonyl (C=O) groups excluding carboxylic acids is 1. The summed E-state index contributed by atoms with van der Waals surface area (Å²) in [6, 6.07) is 3.08. The van der Waals surface area contributed by atoms with Gasteiger partial charge < -0.3 is 14.9 Å². The zero-order valence-electron chi connectivity index (χ0n) is 14.2. The zero-order valence-corrected chi connectivity index (χ0v) is 14.2. The highest BCUT2D eigenvalue weighted by molar-refractivity contribution is 5.76. The van der Waals surface area contributed by atoms with Gasteiger partial charge in [-0.2, -0.15) is 5.10 Å². The number of nitrogens with zero attached hydrogens (tertiary/aromatic N) is 3. The average molecular weight is 334 g/mol. The number of nitrogens with one attached hydrogen (secondary N) is 1. The van der Waals surface area contributed by atoms with E-state index in [2.05, 4.69) is 22.1 Å². The van der Waals surface area contributed by atoms with Crippen LogP contribution in [0.3, 0.4) is 0 Å². The van der Waals surface area contributed by atoms with Crippen LogP contribution in [0.25, 0.3) is 0 Å². The number of likely N-dealkylation sites (tertiary alicyclic amines) is 2. The molecule has 0 saturated carbocycles. The molecule has 2 N–H and O–H groups in total. The number of aliphatic hydroxyl groups is 1. The van der Waals surface area contributed by atoms with Gasteiger partial charge in [0.05, 0.1) is 11.8 Å². The van der Waals surface area contributed by atoms with Gasteiger partial charge in [0.15, 0.2) is 0 Å². The first kappa shape index (κ1) is 17.1. The second-order valence-corrected chi connectivity index (χ2v) is 7.24. The number of aromatic amines is 1. The molecule has 2 aliphatic rings. The predicted octanol–water partition coefficient (Wildman–Crippen LogP) is 0.00770. The highest BCUT2D eigenvalue weighted by Gasteiger charge is 2.45. The summed E-state index contributed by atoms with van der Waals surface area (Å²) in [6.45, 7) is 3.15. The molecule has 0 unspecified atom stereocenters. The smallest absolute Gasteiger partial charge is 0.264 e. The number of amides is 1. The molecule has 1 amide bonds. The van der Waals surface area contributed by atoms with Crippen molar-refractivity contribution in [2.45, 2.75) is 38.2 Å². The van der Waals surface area contributed by atoms with E-state index in [1.165, 1.54) is 6.07 Å². The fourth-order valence-corrected chi connectivity index (χ4v) is 4.05. The molecule has 7 nitrogen and oxygen atoms in total. The minimum absolute atomic E-state index is 0.0995. The van der Waals surface area contributed by atoms with Crippen molar-refractivity contribution in [1.29, 1.82) is 0 Å². The van der Waals surface area contributed by atoms with Crippen LogP contribution >= 0.6 is 0 Å². The lowest BCUT2D eigenvalue weighted by Crippen LogP contribution is -2.59. The third-order valence-corrected chi connectivity index (χ3v) is 5.37. The summed E-state index contributed by atoms with van der Waals surface area (Å²) in [7, 11) is 2.08. The van der Waals surface area contributed by atoms with Crippen LogP contribution in [0, 0.1) is 5.41 Å². The van der Waals surface area contributed by atoms with Crippen molar-refractivity contribution in [2.75, 3.05) is 33.2 Å². The molecule has 1 spiro atoms. The van der Waals surface area contributed by atoms with Gasteiger partial charge in [-0.25, -0.2) is 5.10 Å². The SMILES string of the molecule is CN1CC[C@H](O)[C@@]2(CCCN(C(=O)CCc3ccc(=O)[nH]n3)C2)C1. The summed E-state index contributed by atoms with van der Waals surface area (Å²) < 4.78 is 0. The van der Waals surface area contributed by atoms with Crippen LogP contribution < -0.4 is 5.56 Å². The fourth-order valence-electron chi connectivity index (χ4n) is 4.05. The highest BCUT2D eigenvalue weighted by Crippen LogP contribution is 2.38. The Hall–Kier alpha value is -1.73. The quantitative estimate of drug-likeness (QED) is 0.813. The van der Waals surface area contributed by atoms with Crippen LogP contribution in [0.5, 0.6) is 0 Å². The number of hydrogen-bond donors (Lipinski definition) is 2. The van der Waals surface area contributed by atoms with Crippen LogP contribution in [-0.2, 0) is 11.2 Å². The Kier molecular flexibility index (Phi) is 5.01. The first-order valence-corrected chi connectivity index (χ1v) is 8.67. The van der Waals surface area contributed by atoms with Gasteiger partial charge in [-0.3, -0.25) is 9.59 Å². The van der Waals surface area contributed by atoms with Gasteiger partial charge in [0.25, 0.3) is 5.56 Å². The van der Waals surface area contributed by atoms with Gasteiger partial charge in [0.1, 0.15) is 0 Å². The van der Waals surface area contributed by atoms with E-state index in [0.29, 0.717) is 25.1 Å². The van der Waals surface area contributed by atoms with E-state index in [1.807, 2.05) is 4.90 Å². The zero-order chi connectivity index (χ0) is 17.2. The van der Waals surface area contributed by atoms with Crippen molar-refractivity contribution in [1.82, 2.24) is 20.0 Å². The van der Waals surface area contributed by atoms with Gasteiger partial charge in [0.2, 0.25) is 5.91 Å². The first-order valence-electron chi connectivity index (χ1n) is 8.67. The molecule has 0 aliphatic carbocycles. The average Bonchev–Trinajstić information content (AvgIpc) is 2.58. The number of H-pyrrole nitrogens is 1. The van der Waals surface area contributed by atoms with E-state index in [4.69, 9.17) is 0 Å². The van der Waals surface area contributed by atoms with Crippen LogP contribution in [0.1, 0.15) is 31.4 Å². The molecule has 3 rings (SSSR count). The van der Waals surface area contributed by atoms with Crippen molar-refractivity contribution in [3.63, 3.8) is 0 Å². The Balaban J connectivity index is 1.60. The molecular weight excluding hydrogens is 308 g/mol. The number of carbonyl (C=O) groups is 1. The van der Waals surface area contributed by atoms with Crippen molar-refractivity contribution >= 4 is 5.91 Å². The van der Waals surface area contributed by atoms with Crippen LogP contribution in [-0.4, -0.2) is 70.3 Å². The molecule has 1 aromatic heterocycles. The van der Waals surface area contributed by atoms with Crippen LogP contribution in [0.15, 0.2) is 16.9 Å². The maximum atomic E-state index is 12.6. The standard InChI is InChI=1S/C17H26N4O3/c1-20-10-7-14(22)17(11-20)8-2-9-21(12-17)16(24)6-4-13-3-5-15(23)19-18-13/h3,5,14,22H,2,4,6-12H2,1H3,(H,19,23)/t14-,17-/m0/s1. The van der Waals surface area contributed by atoms with E-state index in [1.54, 1.807) is 6.07 Å². The second-order valence-electron chi connectivity index (χ2n) is 7.24. The summed E-state index contributed by atoms with van der Waals surface area (Å²) in [5, 5.41) is 16.9. The molecule has 7 heteroatoms. The first-order chi connectivity index (χ1) is 11.5. The summed E-state index contributed by atoms with van der Waals surface area (Å²) in [5.74, 6) is 0.0995. The number of rotatable bonds is 3. The van der Waals surface area contributed by atoms with Gasteiger partial charge in [-0.05, 0) is 32.4 Å². The molecule has 3 heterocycles. The number of aromatic nitrogens is 2. The van der Waals surface area contributed by atoms with E-state index in [-0.39, 0.29) is 23.0 Å². The second kappa shape index (κ2) is 7.03. The maximum Gasteiger partial charge on any atom is 0.264 e. The Bertz CT molecular complexity index is 626. The van der Waals surface area contributed by atoms with E-state index in [0.717, 1.165) is 38.9 Å². The Morgan fingerprint density at radius 1 is 1.42 bits per heavy atom. The van der Waals surface area contributed by atoms with Gasteiger partial charge in [0, 0.05) is 50.5 Å². The van der Waals surface area contributed by atoms with Gasteiger partial charge >= 0.3 is 0 Å². The molecule has 24 heavy (non-hydrogen) atoms. The summed E-state index contributed by atoms with van der Waals surface area (Å²) in [5.41, 5.74) is 0.294. The van der Waals surface area contributed by atoms with Crippen molar-refractivity contribution in [3.8, 4) is 0 Å². The molecule has 2 atom stereocenters. The molecule has 1 aromatic rings. The molecule has 132 valence electrons. The third kappa shape index (κ3) is 3.67. The largest absolute Gasteiger partial charge is 0.392 e. The van der Waals surface area contributed by atoms with Crippen molar-refractivity contribution in [2.24, 2.45) is 5.41 Å². The molecule has 0 radical (unpaired) electrons. The Labute approximate surface area is 141 Å². The monoisotopic (exact) mass is 334 g/mol. The lowest BCUT2D eigenvalue weighted by Gasteiger charge is -2.50. The fraction of sp³-hybridized carbons (Fsp3) is 0.706.